The second kappa shape index (κ2) is 8.21. The van der Waals surface area contributed by atoms with E-state index >= 15 is 0 Å². The lowest BCUT2D eigenvalue weighted by molar-refractivity contribution is -0.385. The summed E-state index contributed by atoms with van der Waals surface area (Å²) in [6, 6.07) is 12.6. The van der Waals surface area contributed by atoms with Gasteiger partial charge in [0.25, 0.3) is 5.69 Å². The van der Waals surface area contributed by atoms with Gasteiger partial charge in [-0.3, -0.25) is 14.9 Å². The number of ether oxygens (including phenoxy) is 2. The van der Waals surface area contributed by atoms with Crippen LogP contribution in [0.3, 0.4) is 0 Å². The molecule has 1 amide bonds. The molecule has 7 nitrogen and oxygen atoms in total. The SMILES string of the molecule is COc1cc([N+](=O)[O-])ccc1OC1CCN(C(=O)C2CCc3ccccc32)CC1(C)C. The number of fused-ring (bicyclic) bond motifs is 1. The zero-order chi connectivity index (χ0) is 22.2. The van der Waals surface area contributed by atoms with Crippen LogP contribution in [0, 0.1) is 15.5 Å². The number of nitrogens with zero attached hydrogens (tertiary/aromatic N) is 2. The van der Waals surface area contributed by atoms with E-state index in [9.17, 15) is 14.9 Å². The van der Waals surface area contributed by atoms with Crippen molar-refractivity contribution in [1.29, 1.82) is 0 Å². The predicted molar refractivity (Wildman–Crippen MR) is 117 cm³/mol. The van der Waals surface area contributed by atoms with Gasteiger partial charge in [-0.25, -0.2) is 0 Å². The van der Waals surface area contributed by atoms with Gasteiger partial charge in [0.15, 0.2) is 11.5 Å². The van der Waals surface area contributed by atoms with Crippen molar-refractivity contribution >= 4 is 11.6 Å². The molecule has 0 aromatic heterocycles. The van der Waals surface area contributed by atoms with Gasteiger partial charge in [0.1, 0.15) is 6.10 Å². The number of likely N-dealkylation sites (tertiary alicyclic amines) is 1. The highest BCUT2D eigenvalue weighted by molar-refractivity contribution is 5.85. The van der Waals surface area contributed by atoms with Crippen molar-refractivity contribution in [3.05, 3.63) is 63.7 Å². The minimum atomic E-state index is -0.457. The summed E-state index contributed by atoms with van der Waals surface area (Å²) in [5.74, 6) is 0.963. The van der Waals surface area contributed by atoms with Gasteiger partial charge >= 0.3 is 0 Å². The molecule has 1 aliphatic carbocycles. The Bertz CT molecular complexity index is 1000. The number of benzene rings is 2. The van der Waals surface area contributed by atoms with Crippen LogP contribution < -0.4 is 9.47 Å². The minimum absolute atomic E-state index is 0.0410. The average molecular weight is 424 g/mol. The summed E-state index contributed by atoms with van der Waals surface area (Å²) in [7, 11) is 1.47. The van der Waals surface area contributed by atoms with E-state index in [1.165, 1.54) is 30.4 Å². The van der Waals surface area contributed by atoms with Crippen molar-refractivity contribution in [3.8, 4) is 11.5 Å². The standard InChI is InChI=1S/C24H28N2O5/c1-24(2)15-25(23(27)19-10-8-16-6-4-5-7-18(16)19)13-12-22(24)31-20-11-9-17(26(28)29)14-21(20)30-3/h4-7,9,11,14,19,22H,8,10,12-13,15H2,1-3H3. The van der Waals surface area contributed by atoms with Crippen LogP contribution in [0.5, 0.6) is 11.5 Å². The number of amides is 1. The van der Waals surface area contributed by atoms with E-state index in [2.05, 4.69) is 26.0 Å². The fourth-order valence-electron chi connectivity index (χ4n) is 4.80. The van der Waals surface area contributed by atoms with E-state index in [4.69, 9.17) is 9.47 Å². The maximum atomic E-state index is 13.3. The molecule has 2 aliphatic rings. The molecule has 164 valence electrons. The number of non-ortho nitro benzene ring substituents is 1. The second-order valence-corrected chi connectivity index (χ2v) is 9.03. The number of rotatable bonds is 5. The third kappa shape index (κ3) is 4.09. The van der Waals surface area contributed by atoms with E-state index < -0.39 is 4.92 Å². The first-order valence-electron chi connectivity index (χ1n) is 10.7. The zero-order valence-electron chi connectivity index (χ0n) is 18.2. The van der Waals surface area contributed by atoms with Crippen molar-refractivity contribution < 1.29 is 19.2 Å². The first kappa shape index (κ1) is 21.2. The Labute approximate surface area is 182 Å². The van der Waals surface area contributed by atoms with Crippen LogP contribution in [0.4, 0.5) is 5.69 Å². The molecule has 1 saturated heterocycles. The van der Waals surface area contributed by atoms with Crippen LogP contribution in [0.15, 0.2) is 42.5 Å². The highest BCUT2D eigenvalue weighted by Crippen LogP contribution is 2.40. The fraction of sp³-hybridized carbons (Fsp3) is 0.458. The third-order valence-corrected chi connectivity index (χ3v) is 6.50. The first-order chi connectivity index (χ1) is 14.8. The largest absolute Gasteiger partial charge is 0.493 e. The second-order valence-electron chi connectivity index (χ2n) is 9.03. The number of carbonyl (C=O) groups excluding carboxylic acids is 1. The molecule has 1 fully saturated rings. The summed E-state index contributed by atoms with van der Waals surface area (Å²) in [6.07, 6.45) is 2.38. The van der Waals surface area contributed by atoms with Crippen molar-refractivity contribution in [1.82, 2.24) is 4.90 Å². The molecule has 1 heterocycles. The van der Waals surface area contributed by atoms with Gasteiger partial charge in [0.2, 0.25) is 5.91 Å². The molecule has 31 heavy (non-hydrogen) atoms. The van der Waals surface area contributed by atoms with Gasteiger partial charge in [0.05, 0.1) is 24.0 Å². The number of hydrogen-bond donors (Lipinski definition) is 0. The number of carbonyl (C=O) groups is 1. The molecular formula is C24H28N2O5. The van der Waals surface area contributed by atoms with Crippen LogP contribution in [0.1, 0.15) is 43.7 Å². The molecule has 4 rings (SSSR count). The Morgan fingerprint density at radius 2 is 1.94 bits per heavy atom. The van der Waals surface area contributed by atoms with E-state index in [1.807, 2.05) is 17.0 Å². The average Bonchev–Trinajstić information content (AvgIpc) is 3.18. The Kier molecular flexibility index (Phi) is 5.60. The molecule has 0 saturated carbocycles. The van der Waals surface area contributed by atoms with Crippen molar-refractivity contribution in [2.45, 2.75) is 45.1 Å². The lowest BCUT2D eigenvalue weighted by Crippen LogP contribution is -2.53. The van der Waals surface area contributed by atoms with Crippen molar-refractivity contribution in [2.24, 2.45) is 5.41 Å². The first-order valence-corrected chi connectivity index (χ1v) is 10.7. The van der Waals surface area contributed by atoms with E-state index in [0.717, 1.165) is 12.8 Å². The molecule has 2 unspecified atom stereocenters. The van der Waals surface area contributed by atoms with Crippen LogP contribution in [0.25, 0.3) is 0 Å². The topological polar surface area (TPSA) is 81.9 Å². The Morgan fingerprint density at radius 3 is 2.65 bits per heavy atom. The fourth-order valence-corrected chi connectivity index (χ4v) is 4.80. The van der Waals surface area contributed by atoms with Gasteiger partial charge in [-0.15, -0.1) is 0 Å². The summed E-state index contributed by atoms with van der Waals surface area (Å²) < 4.78 is 11.6. The van der Waals surface area contributed by atoms with Crippen LogP contribution >= 0.6 is 0 Å². The molecule has 2 atom stereocenters. The summed E-state index contributed by atoms with van der Waals surface area (Å²) in [4.78, 5) is 25.9. The summed E-state index contributed by atoms with van der Waals surface area (Å²) >= 11 is 0. The Balaban J connectivity index is 1.47. The lowest BCUT2D eigenvalue weighted by atomic mass is 9.80. The molecule has 2 aromatic rings. The smallest absolute Gasteiger partial charge is 0.273 e. The molecule has 0 spiro atoms. The summed E-state index contributed by atoms with van der Waals surface area (Å²) in [6.45, 7) is 5.42. The Morgan fingerprint density at radius 1 is 1.16 bits per heavy atom. The molecule has 0 radical (unpaired) electrons. The molecular weight excluding hydrogens is 396 g/mol. The predicted octanol–water partition coefficient (Wildman–Crippen LogP) is 4.34. The molecule has 7 heteroatoms. The maximum absolute atomic E-state index is 13.3. The number of methoxy groups -OCH3 is 1. The number of piperidine rings is 1. The Hall–Kier alpha value is -3.09. The van der Waals surface area contributed by atoms with Gasteiger partial charge in [0, 0.05) is 31.0 Å². The number of hydrogen-bond acceptors (Lipinski definition) is 5. The van der Waals surface area contributed by atoms with E-state index in [1.54, 1.807) is 6.07 Å². The highest BCUT2D eigenvalue weighted by atomic mass is 16.6. The number of aryl methyl sites for hydroxylation is 1. The third-order valence-electron chi connectivity index (χ3n) is 6.50. The molecule has 2 aromatic carbocycles. The van der Waals surface area contributed by atoms with E-state index in [0.29, 0.717) is 31.0 Å². The quantitative estimate of drug-likeness (QED) is 0.527. The summed E-state index contributed by atoms with van der Waals surface area (Å²) in [5.41, 5.74) is 2.13. The van der Waals surface area contributed by atoms with Crippen molar-refractivity contribution in [3.63, 3.8) is 0 Å². The van der Waals surface area contributed by atoms with Crippen LogP contribution in [0.2, 0.25) is 0 Å². The van der Waals surface area contributed by atoms with Gasteiger partial charge in [-0.05, 0) is 30.0 Å². The van der Waals surface area contributed by atoms with E-state index in [-0.39, 0.29) is 29.0 Å². The maximum Gasteiger partial charge on any atom is 0.273 e. The monoisotopic (exact) mass is 424 g/mol. The normalized spacial score (nSPS) is 22.0. The van der Waals surface area contributed by atoms with Gasteiger partial charge in [-0.1, -0.05) is 38.1 Å². The molecule has 0 bridgehead atoms. The molecule has 0 N–H and O–H groups in total. The number of nitro groups is 1. The van der Waals surface area contributed by atoms with Crippen molar-refractivity contribution in [2.75, 3.05) is 20.2 Å². The number of nitro benzene ring substituents is 1. The summed E-state index contributed by atoms with van der Waals surface area (Å²) in [5, 5.41) is 11.0. The lowest BCUT2D eigenvalue weighted by Gasteiger charge is -2.44. The highest BCUT2D eigenvalue weighted by Gasteiger charge is 2.42. The minimum Gasteiger partial charge on any atom is -0.493 e. The van der Waals surface area contributed by atoms with Crippen LogP contribution in [-0.2, 0) is 11.2 Å². The van der Waals surface area contributed by atoms with Gasteiger partial charge in [-0.2, -0.15) is 0 Å². The van der Waals surface area contributed by atoms with Crippen LogP contribution in [-0.4, -0.2) is 42.0 Å². The zero-order valence-corrected chi connectivity index (χ0v) is 18.2. The molecule has 1 aliphatic heterocycles. The van der Waals surface area contributed by atoms with Gasteiger partial charge < -0.3 is 14.4 Å².